The molecule has 4 heteroatoms. The maximum absolute atomic E-state index is 10.7. The van der Waals surface area contributed by atoms with Gasteiger partial charge in [-0.15, -0.1) is 0 Å². The summed E-state index contributed by atoms with van der Waals surface area (Å²) in [4.78, 5) is 10.7. The van der Waals surface area contributed by atoms with E-state index in [1.165, 1.54) is 6.26 Å². The molecule has 0 saturated heterocycles. The third-order valence-electron chi connectivity index (χ3n) is 3.33. The highest BCUT2D eigenvalue weighted by atomic mass is 16.6. The lowest BCUT2D eigenvalue weighted by Gasteiger charge is -2.35. The van der Waals surface area contributed by atoms with Gasteiger partial charge in [0.15, 0.2) is 0 Å². The van der Waals surface area contributed by atoms with Crippen molar-refractivity contribution < 1.29 is 19.7 Å². The summed E-state index contributed by atoms with van der Waals surface area (Å²) in [7, 11) is 0. The van der Waals surface area contributed by atoms with Crippen molar-refractivity contribution in [2.45, 2.75) is 31.7 Å². The van der Waals surface area contributed by atoms with Gasteiger partial charge >= 0.3 is 0 Å². The van der Waals surface area contributed by atoms with Crippen LogP contribution in [0, 0.1) is 11.8 Å². The van der Waals surface area contributed by atoms with Crippen LogP contribution in [0.15, 0.2) is 11.8 Å². The molecule has 0 aromatic rings. The summed E-state index contributed by atoms with van der Waals surface area (Å²) >= 11 is 0. The zero-order chi connectivity index (χ0) is 10.3. The molecule has 0 spiro atoms. The molecule has 78 valence electrons. The average molecular weight is 198 g/mol. The van der Waals surface area contributed by atoms with Crippen LogP contribution in [0.25, 0.3) is 0 Å². The van der Waals surface area contributed by atoms with Crippen molar-refractivity contribution in [1.82, 2.24) is 0 Å². The highest BCUT2D eigenvalue weighted by molar-refractivity contribution is 5.74. The van der Waals surface area contributed by atoms with Crippen LogP contribution in [0.4, 0.5) is 0 Å². The van der Waals surface area contributed by atoms with E-state index in [0.29, 0.717) is 12.0 Å². The Bertz CT molecular complexity index is 282. The molecule has 1 fully saturated rings. The fraction of sp³-hybridized carbons (Fsp3) is 0.700. The largest absolute Gasteiger partial charge is 0.472 e. The molecule has 0 unspecified atom stereocenters. The third-order valence-corrected chi connectivity index (χ3v) is 3.33. The molecular formula is C10H14O4. The molecule has 1 aliphatic heterocycles. The van der Waals surface area contributed by atoms with Crippen molar-refractivity contribution in [2.24, 2.45) is 11.8 Å². The number of hydrogen-bond acceptors (Lipinski definition) is 4. The Balaban J connectivity index is 2.32. The highest BCUT2D eigenvalue weighted by Gasteiger charge is 2.51. The van der Waals surface area contributed by atoms with Gasteiger partial charge in [0.25, 0.3) is 0 Å². The molecular weight excluding hydrogens is 184 g/mol. The minimum atomic E-state index is -0.999. The average Bonchev–Trinajstić information content (AvgIpc) is 2.44. The second kappa shape index (κ2) is 3.07. The molecule has 0 amide bonds. The van der Waals surface area contributed by atoms with Crippen LogP contribution in [0.2, 0.25) is 0 Å². The first kappa shape index (κ1) is 9.68. The second-order valence-corrected chi connectivity index (χ2v) is 4.29. The maximum Gasteiger partial charge on any atom is 0.202 e. The van der Waals surface area contributed by atoms with E-state index in [1.54, 1.807) is 6.92 Å². The third kappa shape index (κ3) is 1.26. The number of aliphatic hydroxyl groups is 2. The van der Waals surface area contributed by atoms with Gasteiger partial charge in [-0.05, 0) is 19.8 Å². The summed E-state index contributed by atoms with van der Waals surface area (Å²) in [5, 5.41) is 19.6. The van der Waals surface area contributed by atoms with Crippen molar-refractivity contribution in [2.75, 3.05) is 0 Å². The maximum atomic E-state index is 10.7. The van der Waals surface area contributed by atoms with Gasteiger partial charge in [-0.3, -0.25) is 4.79 Å². The number of allylic oxidation sites excluding steroid dienone is 1. The number of rotatable bonds is 1. The van der Waals surface area contributed by atoms with E-state index >= 15 is 0 Å². The van der Waals surface area contributed by atoms with Gasteiger partial charge in [0.1, 0.15) is 6.29 Å². The van der Waals surface area contributed by atoms with Crippen LogP contribution in [0.1, 0.15) is 19.8 Å². The van der Waals surface area contributed by atoms with Gasteiger partial charge in [0, 0.05) is 11.5 Å². The van der Waals surface area contributed by atoms with Crippen LogP contribution in [-0.2, 0) is 9.53 Å². The summed E-state index contributed by atoms with van der Waals surface area (Å²) in [6, 6.07) is 0. The van der Waals surface area contributed by atoms with E-state index in [-0.39, 0.29) is 11.8 Å². The molecule has 2 aliphatic rings. The number of aldehydes is 1. The molecule has 2 N–H and O–H groups in total. The summed E-state index contributed by atoms with van der Waals surface area (Å²) in [6.45, 7) is 1.68. The normalized spacial score (nSPS) is 46.5. The smallest absolute Gasteiger partial charge is 0.202 e. The number of carbonyl (C=O) groups is 1. The Hall–Kier alpha value is -0.870. The molecule has 0 aromatic carbocycles. The van der Waals surface area contributed by atoms with Gasteiger partial charge < -0.3 is 14.9 Å². The second-order valence-electron chi connectivity index (χ2n) is 4.29. The number of hydrogen-bond donors (Lipinski definition) is 2. The van der Waals surface area contributed by atoms with Crippen LogP contribution < -0.4 is 0 Å². The van der Waals surface area contributed by atoms with Gasteiger partial charge in [-0.25, -0.2) is 0 Å². The van der Waals surface area contributed by atoms with E-state index in [0.717, 1.165) is 12.7 Å². The first-order valence-electron chi connectivity index (χ1n) is 4.77. The van der Waals surface area contributed by atoms with Crippen LogP contribution >= 0.6 is 0 Å². The number of aliphatic hydroxyl groups excluding tert-OH is 1. The molecule has 0 radical (unpaired) electrons. The van der Waals surface area contributed by atoms with E-state index < -0.39 is 11.9 Å². The number of ether oxygens (including phenoxy) is 1. The van der Waals surface area contributed by atoms with Crippen molar-refractivity contribution in [1.29, 1.82) is 0 Å². The molecule has 0 bridgehead atoms. The lowest BCUT2D eigenvalue weighted by Crippen LogP contribution is -2.43. The Morgan fingerprint density at radius 2 is 2.43 bits per heavy atom. The zero-order valence-electron chi connectivity index (χ0n) is 8.01. The van der Waals surface area contributed by atoms with E-state index in [2.05, 4.69) is 0 Å². The molecule has 0 aromatic heterocycles. The minimum Gasteiger partial charge on any atom is -0.472 e. The number of fused-ring (bicyclic) bond motifs is 1. The quantitative estimate of drug-likeness (QED) is 0.590. The molecule has 1 aliphatic carbocycles. The lowest BCUT2D eigenvalue weighted by atomic mass is 9.82. The molecule has 2 rings (SSSR count). The number of carbonyl (C=O) groups excluding carboxylic acids is 1. The van der Waals surface area contributed by atoms with Crippen molar-refractivity contribution in [3.63, 3.8) is 0 Å². The Morgan fingerprint density at radius 1 is 1.71 bits per heavy atom. The van der Waals surface area contributed by atoms with Crippen molar-refractivity contribution >= 4 is 6.29 Å². The van der Waals surface area contributed by atoms with Crippen LogP contribution in [0.5, 0.6) is 0 Å². The summed E-state index contributed by atoms with van der Waals surface area (Å²) in [5.41, 5.74) is -0.398. The predicted molar refractivity (Wildman–Crippen MR) is 48.1 cm³/mol. The van der Waals surface area contributed by atoms with Crippen molar-refractivity contribution in [3.8, 4) is 0 Å². The topological polar surface area (TPSA) is 66.8 Å². The monoisotopic (exact) mass is 198 g/mol. The van der Waals surface area contributed by atoms with E-state index in [1.807, 2.05) is 0 Å². The Morgan fingerprint density at radius 3 is 3.07 bits per heavy atom. The van der Waals surface area contributed by atoms with Gasteiger partial charge in [-0.1, -0.05) is 0 Å². The summed E-state index contributed by atoms with van der Waals surface area (Å²) < 4.78 is 4.93. The first-order valence-corrected chi connectivity index (χ1v) is 4.77. The lowest BCUT2D eigenvalue weighted by molar-refractivity contribution is -0.161. The van der Waals surface area contributed by atoms with Gasteiger partial charge in [-0.2, -0.15) is 0 Å². The van der Waals surface area contributed by atoms with E-state index in [9.17, 15) is 15.0 Å². The van der Waals surface area contributed by atoms with Gasteiger partial charge in [0.05, 0.1) is 17.8 Å². The highest BCUT2D eigenvalue weighted by Crippen LogP contribution is 2.47. The van der Waals surface area contributed by atoms with Crippen molar-refractivity contribution in [3.05, 3.63) is 11.8 Å². The molecule has 1 heterocycles. The molecule has 1 saturated carbocycles. The van der Waals surface area contributed by atoms with E-state index in [4.69, 9.17) is 4.74 Å². The SMILES string of the molecule is C[C@@]1(O)CC[C@H]2C(C=O)=CO[C@H](O)[C@H]21. The summed E-state index contributed by atoms with van der Waals surface area (Å²) in [5.74, 6) is -0.445. The first-order chi connectivity index (χ1) is 6.56. The van der Waals surface area contributed by atoms with Crippen LogP contribution in [0.3, 0.4) is 0 Å². The zero-order valence-corrected chi connectivity index (χ0v) is 8.01. The van der Waals surface area contributed by atoms with Crippen LogP contribution in [-0.4, -0.2) is 28.4 Å². The fourth-order valence-electron chi connectivity index (χ4n) is 2.54. The fourth-order valence-corrected chi connectivity index (χ4v) is 2.54. The molecule has 4 nitrogen and oxygen atoms in total. The van der Waals surface area contributed by atoms with Gasteiger partial charge in [0.2, 0.25) is 6.29 Å². The Kier molecular flexibility index (Phi) is 2.12. The predicted octanol–water partition coefficient (Wildman–Crippen LogP) is 0.195. The molecule has 14 heavy (non-hydrogen) atoms. The summed E-state index contributed by atoms with van der Waals surface area (Å²) in [6.07, 6.45) is 2.36. The Labute approximate surface area is 82.2 Å². The standard InChI is InChI=1S/C10H14O4/c1-10(13)3-2-7-6(4-11)5-14-9(12)8(7)10/h4-5,7-9,12-13H,2-3H2,1H3/t7-,8-,9-,10+/m0/s1. The minimum absolute atomic E-state index is 0.0637. The molecule has 4 atom stereocenters.